The molecular weight excluding hydrogens is 350 g/mol. The van der Waals surface area contributed by atoms with Crippen molar-refractivity contribution in [1.29, 1.82) is 0 Å². The Kier molecular flexibility index (Phi) is 6.39. The van der Waals surface area contributed by atoms with Gasteiger partial charge in [0.25, 0.3) is 0 Å². The molecule has 0 aliphatic carbocycles. The second-order valence-electron chi connectivity index (χ2n) is 6.34. The summed E-state index contributed by atoms with van der Waals surface area (Å²) in [5.74, 6) is -0.206. The molecule has 1 amide bonds. The molecule has 0 unspecified atom stereocenters. The zero-order valence-corrected chi connectivity index (χ0v) is 16.4. The normalized spacial score (nSPS) is 11.4. The summed E-state index contributed by atoms with van der Waals surface area (Å²) in [6, 6.07) is 12.6. The first-order chi connectivity index (χ1) is 12.2. The lowest BCUT2D eigenvalue weighted by Gasteiger charge is -2.16. The lowest BCUT2D eigenvalue weighted by atomic mass is 10.1. The number of rotatable bonds is 7. The number of carbonyl (C=O) groups excluding carboxylic acids is 1. The third-order valence-electron chi connectivity index (χ3n) is 4.03. The first kappa shape index (κ1) is 19.9. The van der Waals surface area contributed by atoms with Gasteiger partial charge in [-0.25, -0.2) is 12.7 Å². The van der Waals surface area contributed by atoms with E-state index in [-0.39, 0.29) is 23.9 Å². The van der Waals surface area contributed by atoms with Crippen LogP contribution in [-0.2, 0) is 21.4 Å². The number of carbonyl (C=O) groups is 1. The smallest absolute Gasteiger partial charge is 0.242 e. The molecule has 140 valence electrons. The van der Waals surface area contributed by atoms with Gasteiger partial charge in [-0.3, -0.25) is 4.79 Å². The highest BCUT2D eigenvalue weighted by Gasteiger charge is 2.20. The van der Waals surface area contributed by atoms with E-state index in [2.05, 4.69) is 10.6 Å². The Balaban J connectivity index is 2.00. The van der Waals surface area contributed by atoms with E-state index in [0.717, 1.165) is 21.1 Å². The number of sulfonamides is 1. The predicted octanol–water partition coefficient (Wildman–Crippen LogP) is 2.28. The maximum atomic E-state index is 12.4. The van der Waals surface area contributed by atoms with Gasteiger partial charge < -0.3 is 10.6 Å². The van der Waals surface area contributed by atoms with Gasteiger partial charge in [0.15, 0.2) is 0 Å². The van der Waals surface area contributed by atoms with Gasteiger partial charge in [-0.15, -0.1) is 0 Å². The molecule has 0 spiro atoms. The van der Waals surface area contributed by atoms with Gasteiger partial charge >= 0.3 is 0 Å². The topological polar surface area (TPSA) is 78.5 Å². The summed E-state index contributed by atoms with van der Waals surface area (Å²) in [4.78, 5) is 12.3. The quantitative estimate of drug-likeness (QED) is 0.778. The molecule has 6 nitrogen and oxygen atoms in total. The van der Waals surface area contributed by atoms with Crippen molar-refractivity contribution in [2.24, 2.45) is 0 Å². The van der Waals surface area contributed by atoms with Gasteiger partial charge in [-0.1, -0.05) is 35.9 Å². The molecule has 7 heteroatoms. The van der Waals surface area contributed by atoms with Crippen LogP contribution in [0.15, 0.2) is 47.4 Å². The summed E-state index contributed by atoms with van der Waals surface area (Å²) in [5, 5.41) is 5.87. The molecule has 0 aliphatic rings. The molecule has 0 atom stereocenters. The molecule has 0 bridgehead atoms. The molecule has 2 N–H and O–H groups in total. The Morgan fingerprint density at radius 1 is 1.08 bits per heavy atom. The molecule has 0 heterocycles. The van der Waals surface area contributed by atoms with E-state index in [1.54, 1.807) is 24.3 Å². The summed E-state index contributed by atoms with van der Waals surface area (Å²) >= 11 is 0. The molecular formula is C19H25N3O3S. The Labute approximate surface area is 155 Å². The molecule has 0 fully saturated rings. The fraction of sp³-hybridized carbons (Fsp3) is 0.316. The maximum absolute atomic E-state index is 12.4. The zero-order chi connectivity index (χ0) is 19.3. The lowest BCUT2D eigenvalue weighted by Crippen LogP contribution is -2.31. The lowest BCUT2D eigenvalue weighted by molar-refractivity contribution is -0.119. The minimum absolute atomic E-state index is 0.118. The average molecular weight is 375 g/mol. The fourth-order valence-corrected chi connectivity index (χ4v) is 3.66. The second kappa shape index (κ2) is 8.33. The van der Waals surface area contributed by atoms with Crippen LogP contribution in [0.3, 0.4) is 0 Å². The van der Waals surface area contributed by atoms with E-state index in [0.29, 0.717) is 5.56 Å². The van der Waals surface area contributed by atoms with Gasteiger partial charge in [-0.2, -0.15) is 0 Å². The van der Waals surface area contributed by atoms with Crippen molar-refractivity contribution in [3.63, 3.8) is 0 Å². The van der Waals surface area contributed by atoms with E-state index < -0.39 is 10.0 Å². The average Bonchev–Trinajstić information content (AvgIpc) is 2.59. The molecule has 0 aromatic heterocycles. The fourth-order valence-electron chi connectivity index (χ4n) is 2.54. The molecule has 0 saturated carbocycles. The standard InChI is InChI=1S/C19H25N3O3S/c1-14-9-10-17(15(2)11-14)20-13-19(23)21-12-16-7-5-6-8-18(16)26(24,25)22(3)4/h5-11,20H,12-13H2,1-4H3,(H,21,23). The Morgan fingerprint density at radius 3 is 2.42 bits per heavy atom. The molecule has 0 radical (unpaired) electrons. The van der Waals surface area contributed by atoms with E-state index in [1.807, 2.05) is 32.0 Å². The van der Waals surface area contributed by atoms with Crippen LogP contribution in [0.1, 0.15) is 16.7 Å². The van der Waals surface area contributed by atoms with Crippen LogP contribution < -0.4 is 10.6 Å². The Bertz CT molecular complexity index is 893. The molecule has 2 aromatic rings. The minimum atomic E-state index is -3.55. The van der Waals surface area contributed by atoms with Crippen molar-refractivity contribution >= 4 is 21.6 Å². The highest BCUT2D eigenvalue weighted by Crippen LogP contribution is 2.18. The molecule has 2 rings (SSSR count). The van der Waals surface area contributed by atoms with Crippen molar-refractivity contribution in [3.8, 4) is 0 Å². The van der Waals surface area contributed by atoms with Crippen LogP contribution >= 0.6 is 0 Å². The molecule has 2 aromatic carbocycles. The van der Waals surface area contributed by atoms with Gasteiger partial charge in [0.1, 0.15) is 0 Å². The monoisotopic (exact) mass is 375 g/mol. The highest BCUT2D eigenvalue weighted by atomic mass is 32.2. The highest BCUT2D eigenvalue weighted by molar-refractivity contribution is 7.89. The second-order valence-corrected chi connectivity index (χ2v) is 8.46. The van der Waals surface area contributed by atoms with Gasteiger partial charge in [0.2, 0.25) is 15.9 Å². The number of benzene rings is 2. The summed E-state index contributed by atoms with van der Waals surface area (Å²) in [6.07, 6.45) is 0. The van der Waals surface area contributed by atoms with Crippen LogP contribution in [0, 0.1) is 13.8 Å². The number of nitrogens with zero attached hydrogens (tertiary/aromatic N) is 1. The predicted molar refractivity (Wildman–Crippen MR) is 104 cm³/mol. The van der Waals surface area contributed by atoms with Crippen LogP contribution in [0.4, 0.5) is 5.69 Å². The van der Waals surface area contributed by atoms with E-state index in [1.165, 1.54) is 14.1 Å². The number of nitrogens with one attached hydrogen (secondary N) is 2. The number of hydrogen-bond acceptors (Lipinski definition) is 4. The SMILES string of the molecule is Cc1ccc(NCC(=O)NCc2ccccc2S(=O)(=O)N(C)C)c(C)c1. The maximum Gasteiger partial charge on any atom is 0.242 e. The third kappa shape index (κ3) is 4.83. The first-order valence-corrected chi connectivity index (χ1v) is 9.74. The van der Waals surface area contributed by atoms with E-state index in [9.17, 15) is 13.2 Å². The van der Waals surface area contributed by atoms with E-state index in [4.69, 9.17) is 0 Å². The van der Waals surface area contributed by atoms with Gasteiger partial charge in [0.05, 0.1) is 11.4 Å². The van der Waals surface area contributed by atoms with Crippen molar-refractivity contribution in [1.82, 2.24) is 9.62 Å². The van der Waals surface area contributed by atoms with Crippen LogP contribution in [0.2, 0.25) is 0 Å². The third-order valence-corrected chi connectivity index (χ3v) is 5.94. The first-order valence-electron chi connectivity index (χ1n) is 8.30. The van der Waals surface area contributed by atoms with Crippen molar-refractivity contribution in [3.05, 3.63) is 59.2 Å². The molecule has 26 heavy (non-hydrogen) atoms. The summed E-state index contributed by atoms with van der Waals surface area (Å²) in [5.41, 5.74) is 3.69. The minimum Gasteiger partial charge on any atom is -0.376 e. The number of aryl methyl sites for hydroxylation is 2. The Hall–Kier alpha value is -2.38. The van der Waals surface area contributed by atoms with Crippen LogP contribution in [0.5, 0.6) is 0 Å². The van der Waals surface area contributed by atoms with Crippen molar-refractivity contribution < 1.29 is 13.2 Å². The largest absolute Gasteiger partial charge is 0.376 e. The Morgan fingerprint density at radius 2 is 1.77 bits per heavy atom. The van der Waals surface area contributed by atoms with E-state index >= 15 is 0 Å². The molecule has 0 saturated heterocycles. The van der Waals surface area contributed by atoms with Crippen LogP contribution in [-0.4, -0.2) is 39.3 Å². The van der Waals surface area contributed by atoms with Crippen molar-refractivity contribution in [2.75, 3.05) is 26.0 Å². The van der Waals surface area contributed by atoms with Gasteiger partial charge in [0, 0.05) is 26.3 Å². The molecule has 0 aliphatic heterocycles. The van der Waals surface area contributed by atoms with Crippen LogP contribution in [0.25, 0.3) is 0 Å². The summed E-state index contributed by atoms with van der Waals surface area (Å²) in [7, 11) is -0.585. The number of anilines is 1. The van der Waals surface area contributed by atoms with Gasteiger partial charge in [-0.05, 0) is 37.1 Å². The zero-order valence-electron chi connectivity index (χ0n) is 15.5. The number of hydrogen-bond donors (Lipinski definition) is 2. The summed E-state index contributed by atoms with van der Waals surface area (Å²) < 4.78 is 25.9. The van der Waals surface area contributed by atoms with Crippen molar-refractivity contribution in [2.45, 2.75) is 25.3 Å². The summed E-state index contributed by atoms with van der Waals surface area (Å²) in [6.45, 7) is 4.27. The number of amides is 1.